The van der Waals surface area contributed by atoms with Gasteiger partial charge in [-0.15, -0.1) is 0 Å². The van der Waals surface area contributed by atoms with Crippen LogP contribution in [0.15, 0.2) is 18.2 Å². The van der Waals surface area contributed by atoms with Crippen LogP contribution in [0.1, 0.15) is 24.5 Å². The summed E-state index contributed by atoms with van der Waals surface area (Å²) in [4.78, 5) is 0. The van der Waals surface area contributed by atoms with Gasteiger partial charge in [-0.05, 0) is 36.6 Å². The minimum absolute atomic E-state index is 0.0995. The van der Waals surface area contributed by atoms with Crippen LogP contribution in [0.3, 0.4) is 0 Å². The summed E-state index contributed by atoms with van der Waals surface area (Å²) in [5.74, 6) is 0. The summed E-state index contributed by atoms with van der Waals surface area (Å²) in [6.45, 7) is 4.25. The Balaban J connectivity index is 2.90. The van der Waals surface area contributed by atoms with Gasteiger partial charge >= 0.3 is 0 Å². The fraction of sp³-hybridized carbons (Fsp3) is 0.538. The van der Waals surface area contributed by atoms with Gasteiger partial charge in [-0.1, -0.05) is 13.0 Å². The third-order valence-corrected chi connectivity index (χ3v) is 3.25. The fourth-order valence-corrected chi connectivity index (χ4v) is 1.75. The summed E-state index contributed by atoms with van der Waals surface area (Å²) in [6.07, 6.45) is 0.650. The van der Waals surface area contributed by atoms with Crippen molar-refractivity contribution in [1.29, 1.82) is 0 Å². The molecule has 0 aliphatic carbocycles. The van der Waals surface area contributed by atoms with Crippen molar-refractivity contribution >= 4 is 5.69 Å². The molecule has 17 heavy (non-hydrogen) atoms. The molecule has 0 radical (unpaired) electrons. The molecule has 1 aromatic rings. The lowest BCUT2D eigenvalue weighted by Crippen LogP contribution is -2.45. The van der Waals surface area contributed by atoms with Crippen LogP contribution in [0.2, 0.25) is 0 Å². The summed E-state index contributed by atoms with van der Waals surface area (Å²) >= 11 is 0. The van der Waals surface area contributed by atoms with Crippen molar-refractivity contribution in [2.24, 2.45) is 5.73 Å². The third kappa shape index (κ3) is 3.19. The molecule has 0 saturated carbocycles. The van der Waals surface area contributed by atoms with Gasteiger partial charge in [-0.3, -0.25) is 0 Å². The number of nitrogens with one attached hydrogen (secondary N) is 1. The van der Waals surface area contributed by atoms with Crippen LogP contribution >= 0.6 is 0 Å². The first-order valence-electron chi connectivity index (χ1n) is 5.90. The highest BCUT2D eigenvalue weighted by atomic mass is 16.3. The van der Waals surface area contributed by atoms with Crippen molar-refractivity contribution < 1.29 is 10.2 Å². The van der Waals surface area contributed by atoms with E-state index in [-0.39, 0.29) is 13.2 Å². The summed E-state index contributed by atoms with van der Waals surface area (Å²) in [6, 6.07) is 5.87. The van der Waals surface area contributed by atoms with Gasteiger partial charge in [0.1, 0.15) is 0 Å². The molecule has 0 heterocycles. The molecule has 1 rings (SSSR count). The quantitative estimate of drug-likeness (QED) is 0.596. The second kappa shape index (κ2) is 6.00. The number of aliphatic hydroxyl groups is 2. The number of benzene rings is 1. The number of aryl methyl sites for hydroxylation is 1. The number of anilines is 1. The van der Waals surface area contributed by atoms with E-state index in [4.69, 9.17) is 5.73 Å². The second-order valence-corrected chi connectivity index (χ2v) is 4.42. The predicted octanol–water partition coefficient (Wildman–Crippen LogP) is 0.999. The summed E-state index contributed by atoms with van der Waals surface area (Å²) in [7, 11) is 0. The van der Waals surface area contributed by atoms with E-state index in [0.29, 0.717) is 13.0 Å². The van der Waals surface area contributed by atoms with Crippen molar-refractivity contribution in [2.75, 3.05) is 18.5 Å². The van der Waals surface area contributed by atoms with Crippen LogP contribution in [-0.2, 0) is 6.54 Å². The average Bonchev–Trinajstić information content (AvgIpc) is 2.36. The maximum absolute atomic E-state index is 9.37. The number of hydrogen-bond acceptors (Lipinski definition) is 4. The van der Waals surface area contributed by atoms with Gasteiger partial charge in [-0.2, -0.15) is 0 Å². The molecule has 0 aromatic heterocycles. The first kappa shape index (κ1) is 14.0. The monoisotopic (exact) mass is 238 g/mol. The number of aliphatic hydroxyl groups excluding tert-OH is 2. The van der Waals surface area contributed by atoms with Gasteiger partial charge in [0.15, 0.2) is 0 Å². The molecule has 0 spiro atoms. The van der Waals surface area contributed by atoms with Crippen LogP contribution in [0.25, 0.3) is 0 Å². The lowest BCUT2D eigenvalue weighted by atomic mass is 9.97. The lowest BCUT2D eigenvalue weighted by Gasteiger charge is -2.31. The standard InChI is InChI=1S/C13H22N2O2/c1-3-13(8-16,9-17)15-12-5-4-11(7-14)10(2)6-12/h4-6,15-17H,3,7-9,14H2,1-2H3. The Bertz CT molecular complexity index is 354. The molecule has 5 N–H and O–H groups in total. The van der Waals surface area contributed by atoms with E-state index < -0.39 is 5.54 Å². The van der Waals surface area contributed by atoms with Crippen LogP contribution in [-0.4, -0.2) is 29.0 Å². The Kier molecular flexibility index (Phi) is 4.93. The van der Waals surface area contributed by atoms with E-state index in [1.165, 1.54) is 0 Å². The second-order valence-electron chi connectivity index (χ2n) is 4.42. The Labute approximate surface area is 102 Å². The minimum atomic E-state index is -0.656. The van der Waals surface area contributed by atoms with Crippen molar-refractivity contribution in [1.82, 2.24) is 0 Å². The van der Waals surface area contributed by atoms with E-state index in [2.05, 4.69) is 5.32 Å². The highest BCUT2D eigenvalue weighted by molar-refractivity contribution is 5.50. The Morgan fingerprint density at radius 2 is 1.94 bits per heavy atom. The smallest absolute Gasteiger partial charge is 0.0832 e. The van der Waals surface area contributed by atoms with Crippen molar-refractivity contribution in [3.8, 4) is 0 Å². The highest BCUT2D eigenvalue weighted by Gasteiger charge is 2.26. The van der Waals surface area contributed by atoms with Gasteiger partial charge in [0.25, 0.3) is 0 Å². The zero-order valence-corrected chi connectivity index (χ0v) is 10.5. The van der Waals surface area contributed by atoms with Gasteiger partial charge < -0.3 is 21.3 Å². The molecule has 0 aliphatic rings. The number of rotatable bonds is 6. The lowest BCUT2D eigenvalue weighted by molar-refractivity contribution is 0.132. The van der Waals surface area contributed by atoms with Crippen LogP contribution < -0.4 is 11.1 Å². The van der Waals surface area contributed by atoms with Crippen molar-refractivity contribution in [2.45, 2.75) is 32.4 Å². The molecular formula is C13H22N2O2. The molecule has 0 unspecified atom stereocenters. The largest absolute Gasteiger partial charge is 0.394 e. The predicted molar refractivity (Wildman–Crippen MR) is 69.9 cm³/mol. The number of nitrogens with two attached hydrogens (primary N) is 1. The molecule has 0 saturated heterocycles. The van der Waals surface area contributed by atoms with Crippen molar-refractivity contribution in [3.63, 3.8) is 0 Å². The molecular weight excluding hydrogens is 216 g/mol. The molecule has 0 bridgehead atoms. The molecule has 0 aliphatic heterocycles. The molecule has 1 aromatic carbocycles. The molecule has 4 heteroatoms. The maximum Gasteiger partial charge on any atom is 0.0832 e. The molecule has 96 valence electrons. The normalized spacial score (nSPS) is 11.6. The first-order valence-corrected chi connectivity index (χ1v) is 5.90. The van der Waals surface area contributed by atoms with Crippen LogP contribution in [0, 0.1) is 6.92 Å². The van der Waals surface area contributed by atoms with Gasteiger partial charge in [0.05, 0.1) is 18.8 Å². The molecule has 0 amide bonds. The maximum atomic E-state index is 9.37. The minimum Gasteiger partial charge on any atom is -0.394 e. The van der Waals surface area contributed by atoms with E-state index >= 15 is 0 Å². The van der Waals surface area contributed by atoms with Crippen LogP contribution in [0.4, 0.5) is 5.69 Å². The van der Waals surface area contributed by atoms with Gasteiger partial charge in [0.2, 0.25) is 0 Å². The van der Waals surface area contributed by atoms with Gasteiger partial charge in [-0.25, -0.2) is 0 Å². The Morgan fingerprint density at radius 1 is 1.29 bits per heavy atom. The molecule has 4 nitrogen and oxygen atoms in total. The zero-order valence-electron chi connectivity index (χ0n) is 10.5. The Hall–Kier alpha value is -1.10. The summed E-state index contributed by atoms with van der Waals surface area (Å²) < 4.78 is 0. The van der Waals surface area contributed by atoms with E-state index in [1.54, 1.807) is 0 Å². The first-order chi connectivity index (χ1) is 8.10. The fourth-order valence-electron chi connectivity index (χ4n) is 1.75. The number of hydrogen-bond donors (Lipinski definition) is 4. The topological polar surface area (TPSA) is 78.5 Å². The molecule has 0 fully saturated rings. The average molecular weight is 238 g/mol. The molecule has 0 atom stereocenters. The summed E-state index contributed by atoms with van der Waals surface area (Å²) in [5, 5.41) is 21.9. The summed E-state index contributed by atoms with van der Waals surface area (Å²) in [5.41, 5.74) is 8.06. The third-order valence-electron chi connectivity index (χ3n) is 3.25. The Morgan fingerprint density at radius 3 is 2.35 bits per heavy atom. The van der Waals surface area contributed by atoms with Crippen LogP contribution in [0.5, 0.6) is 0 Å². The van der Waals surface area contributed by atoms with E-state index in [1.807, 2.05) is 32.0 Å². The van der Waals surface area contributed by atoms with Gasteiger partial charge in [0, 0.05) is 12.2 Å². The van der Waals surface area contributed by atoms with E-state index in [0.717, 1.165) is 16.8 Å². The SMILES string of the molecule is CCC(CO)(CO)Nc1ccc(CN)c(C)c1. The zero-order chi connectivity index (χ0) is 12.9. The van der Waals surface area contributed by atoms with E-state index in [9.17, 15) is 10.2 Å². The van der Waals surface area contributed by atoms with Crippen molar-refractivity contribution in [3.05, 3.63) is 29.3 Å². The highest BCUT2D eigenvalue weighted by Crippen LogP contribution is 2.21.